The Morgan fingerprint density at radius 3 is 2.68 bits per heavy atom. The summed E-state index contributed by atoms with van der Waals surface area (Å²) in [7, 11) is 0. The maximum Gasteiger partial charge on any atom is 0.227 e. The highest BCUT2D eigenvalue weighted by molar-refractivity contribution is 6.36. The van der Waals surface area contributed by atoms with Crippen molar-refractivity contribution in [3.63, 3.8) is 0 Å². The topological polar surface area (TPSA) is 33.2 Å². The lowest BCUT2D eigenvalue weighted by molar-refractivity contribution is -0.133. The van der Waals surface area contributed by atoms with Crippen LogP contribution in [0.15, 0.2) is 36.7 Å². The summed E-state index contributed by atoms with van der Waals surface area (Å²) in [5.41, 5.74) is 3.18. The highest BCUT2D eigenvalue weighted by Crippen LogP contribution is 2.31. The normalized spacial score (nSPS) is 17.2. The fraction of sp³-hybridized carbons (Fsp3) is 0.294. The molecule has 2 aromatic rings. The first kappa shape index (κ1) is 15.3. The van der Waals surface area contributed by atoms with E-state index >= 15 is 0 Å². The van der Waals surface area contributed by atoms with E-state index < -0.39 is 0 Å². The van der Waals surface area contributed by atoms with Gasteiger partial charge in [-0.05, 0) is 24.5 Å². The summed E-state index contributed by atoms with van der Waals surface area (Å²) in [5.74, 6) is 0.0389. The lowest BCUT2D eigenvalue weighted by Gasteiger charge is -2.35. The maximum atomic E-state index is 12.7. The van der Waals surface area contributed by atoms with Crippen LogP contribution in [0.25, 0.3) is 0 Å². The van der Waals surface area contributed by atoms with Gasteiger partial charge >= 0.3 is 0 Å². The molecule has 0 bridgehead atoms. The predicted octanol–water partition coefficient (Wildman–Crippen LogP) is 4.08. The Kier molecular flexibility index (Phi) is 4.37. The highest BCUT2D eigenvalue weighted by Gasteiger charge is 2.27. The molecule has 0 unspecified atom stereocenters. The predicted molar refractivity (Wildman–Crippen MR) is 88.2 cm³/mol. The average molecular weight is 335 g/mol. The van der Waals surface area contributed by atoms with Crippen molar-refractivity contribution < 1.29 is 4.79 Å². The second kappa shape index (κ2) is 6.27. The fourth-order valence-electron chi connectivity index (χ4n) is 2.97. The Balaban J connectivity index is 1.82. The van der Waals surface area contributed by atoms with Gasteiger partial charge in [-0.15, -0.1) is 0 Å². The molecular formula is C17H16Cl2N2O. The van der Waals surface area contributed by atoms with E-state index in [0.717, 1.165) is 13.0 Å². The molecule has 0 saturated heterocycles. The Morgan fingerprint density at radius 1 is 1.27 bits per heavy atom. The Bertz CT molecular complexity index is 697. The molecule has 3 rings (SSSR count). The average Bonchev–Trinajstić information content (AvgIpc) is 2.51. The van der Waals surface area contributed by atoms with Crippen LogP contribution in [0.3, 0.4) is 0 Å². The van der Waals surface area contributed by atoms with Crippen LogP contribution < -0.4 is 0 Å². The fourth-order valence-corrected chi connectivity index (χ4v) is 3.47. The van der Waals surface area contributed by atoms with Crippen molar-refractivity contribution in [3.05, 3.63) is 63.4 Å². The minimum Gasteiger partial charge on any atom is -0.335 e. The van der Waals surface area contributed by atoms with E-state index in [4.69, 9.17) is 23.2 Å². The highest BCUT2D eigenvalue weighted by atomic mass is 35.5. The minimum absolute atomic E-state index is 0.0389. The summed E-state index contributed by atoms with van der Waals surface area (Å²) in [6, 6.07) is 8.34. The number of hydrogen-bond acceptors (Lipinski definition) is 2. The number of carbonyl (C=O) groups excluding carboxylic acids is 1. The summed E-state index contributed by atoms with van der Waals surface area (Å²) in [6.07, 6.45) is 4.12. The molecule has 0 saturated carbocycles. The first-order valence-corrected chi connectivity index (χ1v) is 7.98. The molecule has 3 nitrogen and oxygen atoms in total. The second-order valence-electron chi connectivity index (χ2n) is 5.47. The van der Waals surface area contributed by atoms with Crippen LogP contribution >= 0.6 is 23.2 Å². The largest absolute Gasteiger partial charge is 0.335 e. The molecule has 1 amide bonds. The first-order chi connectivity index (χ1) is 10.6. The smallest absolute Gasteiger partial charge is 0.227 e. The van der Waals surface area contributed by atoms with Crippen molar-refractivity contribution in [2.24, 2.45) is 0 Å². The van der Waals surface area contributed by atoms with Crippen LogP contribution in [0.5, 0.6) is 0 Å². The van der Waals surface area contributed by atoms with E-state index in [-0.39, 0.29) is 18.4 Å². The van der Waals surface area contributed by atoms with Crippen LogP contribution in [0.1, 0.15) is 29.7 Å². The number of hydrogen-bond donors (Lipinski definition) is 0. The molecule has 2 heterocycles. The van der Waals surface area contributed by atoms with Crippen molar-refractivity contribution in [1.29, 1.82) is 0 Å². The zero-order valence-electron chi connectivity index (χ0n) is 12.2. The van der Waals surface area contributed by atoms with E-state index in [1.54, 1.807) is 0 Å². The third-order valence-corrected chi connectivity index (χ3v) is 4.85. The van der Waals surface area contributed by atoms with Crippen LogP contribution in [-0.4, -0.2) is 22.3 Å². The molecule has 0 N–H and O–H groups in total. The number of nitrogens with zero attached hydrogens (tertiary/aromatic N) is 2. The van der Waals surface area contributed by atoms with Gasteiger partial charge in [0.15, 0.2) is 0 Å². The van der Waals surface area contributed by atoms with Gasteiger partial charge in [0.2, 0.25) is 5.91 Å². The third-order valence-electron chi connectivity index (χ3n) is 4.20. The molecule has 1 aromatic heterocycles. The molecule has 1 atom stereocenters. The van der Waals surface area contributed by atoms with Gasteiger partial charge in [-0.3, -0.25) is 9.78 Å². The summed E-state index contributed by atoms with van der Waals surface area (Å²) < 4.78 is 0. The van der Waals surface area contributed by atoms with Crippen molar-refractivity contribution in [1.82, 2.24) is 9.88 Å². The van der Waals surface area contributed by atoms with Gasteiger partial charge in [0.25, 0.3) is 0 Å². The van der Waals surface area contributed by atoms with E-state index in [1.807, 2.05) is 17.0 Å². The van der Waals surface area contributed by atoms with E-state index in [0.29, 0.717) is 15.6 Å². The van der Waals surface area contributed by atoms with E-state index in [9.17, 15) is 4.79 Å². The van der Waals surface area contributed by atoms with Crippen molar-refractivity contribution in [3.8, 4) is 0 Å². The van der Waals surface area contributed by atoms with Gasteiger partial charge in [-0.25, -0.2) is 0 Å². The van der Waals surface area contributed by atoms with Gasteiger partial charge in [-0.2, -0.15) is 0 Å². The quantitative estimate of drug-likeness (QED) is 0.829. The van der Waals surface area contributed by atoms with E-state index in [1.165, 1.54) is 23.5 Å². The molecule has 0 aliphatic carbocycles. The van der Waals surface area contributed by atoms with Crippen LogP contribution in [0, 0.1) is 0 Å². The monoisotopic (exact) mass is 334 g/mol. The second-order valence-corrected chi connectivity index (χ2v) is 6.28. The summed E-state index contributed by atoms with van der Waals surface area (Å²) >= 11 is 12.2. The van der Waals surface area contributed by atoms with Gasteiger partial charge in [0.1, 0.15) is 0 Å². The molecule has 0 spiro atoms. The first-order valence-electron chi connectivity index (χ1n) is 7.23. The lowest BCUT2D eigenvalue weighted by atomic mass is 9.93. The number of amides is 1. The standard InChI is InChI=1S/C17H16Cl2N2O/c1-11-13-5-3-2-4-12(13)6-7-21(11)17(22)8-14-15(18)9-20-10-16(14)19/h2-5,9-11H,6-8H2,1H3/t11-/m0/s1. The SMILES string of the molecule is C[C@H]1c2ccccc2CCN1C(=O)Cc1c(Cl)cncc1Cl. The number of aromatic nitrogens is 1. The third kappa shape index (κ3) is 2.83. The molecule has 5 heteroatoms. The number of carbonyl (C=O) groups is 1. The van der Waals surface area contributed by atoms with Crippen LogP contribution in [0.2, 0.25) is 10.0 Å². The van der Waals surface area contributed by atoms with Gasteiger partial charge in [0.05, 0.1) is 22.5 Å². The van der Waals surface area contributed by atoms with Crippen molar-refractivity contribution in [2.75, 3.05) is 6.54 Å². The summed E-state index contributed by atoms with van der Waals surface area (Å²) in [5, 5.41) is 0.872. The van der Waals surface area contributed by atoms with E-state index in [2.05, 4.69) is 24.0 Å². The van der Waals surface area contributed by atoms with Gasteiger partial charge in [-0.1, -0.05) is 47.5 Å². The zero-order valence-corrected chi connectivity index (χ0v) is 13.7. The molecular weight excluding hydrogens is 319 g/mol. The Morgan fingerprint density at radius 2 is 1.95 bits per heavy atom. The number of halogens is 2. The molecule has 1 aliphatic rings. The lowest BCUT2D eigenvalue weighted by Crippen LogP contribution is -2.39. The van der Waals surface area contributed by atoms with Gasteiger partial charge < -0.3 is 4.90 Å². The minimum atomic E-state index is 0.0389. The number of pyridine rings is 1. The summed E-state index contributed by atoms with van der Waals surface area (Å²) in [4.78, 5) is 18.5. The number of fused-ring (bicyclic) bond motifs is 1. The van der Waals surface area contributed by atoms with Crippen molar-refractivity contribution >= 4 is 29.1 Å². The van der Waals surface area contributed by atoms with Gasteiger partial charge in [0, 0.05) is 24.5 Å². The molecule has 22 heavy (non-hydrogen) atoms. The molecule has 1 aliphatic heterocycles. The summed E-state index contributed by atoms with van der Waals surface area (Å²) in [6.45, 7) is 2.78. The zero-order chi connectivity index (χ0) is 15.7. The maximum absolute atomic E-state index is 12.7. The molecule has 1 aromatic carbocycles. The Labute approximate surface area is 139 Å². The van der Waals surface area contributed by atoms with Crippen molar-refractivity contribution in [2.45, 2.75) is 25.8 Å². The molecule has 114 valence electrons. The molecule has 0 fully saturated rings. The van der Waals surface area contributed by atoms with Crippen LogP contribution in [0.4, 0.5) is 0 Å². The Hall–Kier alpha value is -1.58. The number of rotatable bonds is 2. The molecule has 0 radical (unpaired) electrons. The van der Waals surface area contributed by atoms with Crippen LogP contribution in [-0.2, 0) is 17.6 Å². The number of benzene rings is 1.